The molecule has 0 aliphatic carbocycles. The first-order chi connectivity index (χ1) is 6.70. The Bertz CT molecular complexity index is 329. The number of rotatable bonds is 4. The maximum absolute atomic E-state index is 10.7. The van der Waals surface area contributed by atoms with Crippen LogP contribution in [0.5, 0.6) is 0 Å². The molecular weight excluding hydrogens is 205 g/mol. The molecule has 0 fully saturated rings. The van der Waals surface area contributed by atoms with Gasteiger partial charge in [-0.05, 0) is 13.8 Å². The molecule has 6 heteroatoms. The third-order valence-electron chi connectivity index (χ3n) is 1.94. The monoisotopic (exact) mass is 217 g/mol. The number of carboxylic acid groups (broad SMARTS) is 1. The van der Waals surface area contributed by atoms with Crippen LogP contribution in [0.25, 0.3) is 0 Å². The Balaban J connectivity index is 0.00000196. The summed E-state index contributed by atoms with van der Waals surface area (Å²) in [6, 6.07) is 0. The van der Waals surface area contributed by atoms with Gasteiger partial charge in [0.2, 0.25) is 0 Å². The molecule has 1 aromatic heterocycles. The zero-order valence-corrected chi connectivity index (χ0v) is 11.2. The second kappa shape index (κ2) is 6.76. The number of nitrogens with zero attached hydrogens (tertiary/aromatic N) is 3. The Morgan fingerprint density at radius 2 is 1.87 bits per heavy atom. The Labute approximate surface area is 111 Å². The fourth-order valence-electron chi connectivity index (χ4n) is 1.23. The molecule has 5 nitrogen and oxygen atoms in total. The van der Waals surface area contributed by atoms with Gasteiger partial charge in [0.05, 0.1) is 5.97 Å². The largest absolute Gasteiger partial charge is 1.00 e. The van der Waals surface area contributed by atoms with Gasteiger partial charge in [0.25, 0.3) is 0 Å². The second-order valence-corrected chi connectivity index (χ2v) is 2.69. The molecule has 0 aliphatic rings. The van der Waals surface area contributed by atoms with Gasteiger partial charge in [-0.15, -0.1) is 0 Å². The molecule has 0 bridgehead atoms. The van der Waals surface area contributed by atoms with Crippen LogP contribution in [0.3, 0.4) is 0 Å². The average Bonchev–Trinajstić information content (AvgIpc) is 2.20. The first kappa shape index (κ1) is 14.3. The molecule has 0 radical (unpaired) electrons. The summed E-state index contributed by atoms with van der Waals surface area (Å²) in [5.74, 6) is -0.919. The molecule has 1 rings (SSSR count). The number of carbonyl (C=O) groups is 1. The Morgan fingerprint density at radius 3 is 2.33 bits per heavy atom. The van der Waals surface area contributed by atoms with Crippen molar-refractivity contribution in [3.05, 3.63) is 18.1 Å². The Morgan fingerprint density at radius 1 is 1.33 bits per heavy atom. The van der Waals surface area contributed by atoms with Crippen molar-refractivity contribution in [2.45, 2.75) is 13.8 Å². The van der Waals surface area contributed by atoms with Crippen LogP contribution in [0.15, 0.2) is 12.4 Å². The van der Waals surface area contributed by atoms with Crippen molar-refractivity contribution in [1.82, 2.24) is 9.97 Å². The van der Waals surface area contributed by atoms with Crippen LogP contribution in [-0.2, 0) is 0 Å². The molecule has 1 heterocycles. The summed E-state index contributed by atoms with van der Waals surface area (Å²) in [5.41, 5.74) is -0.101. The molecule has 0 spiro atoms. The topological polar surface area (TPSA) is 69.2 Å². The third kappa shape index (κ3) is 3.44. The van der Waals surface area contributed by atoms with E-state index in [4.69, 9.17) is 0 Å². The van der Waals surface area contributed by atoms with Crippen LogP contribution in [0.1, 0.15) is 24.3 Å². The predicted octanol–water partition coefficient (Wildman–Crippen LogP) is -3.31. The molecular formula is C9H12N3NaO2. The van der Waals surface area contributed by atoms with Crippen LogP contribution in [0.4, 0.5) is 5.82 Å². The minimum atomic E-state index is -1.29. The molecule has 0 saturated carbocycles. The molecule has 0 aliphatic heterocycles. The van der Waals surface area contributed by atoms with Gasteiger partial charge < -0.3 is 14.8 Å². The van der Waals surface area contributed by atoms with Crippen molar-refractivity contribution in [2.75, 3.05) is 18.0 Å². The fraction of sp³-hybridized carbons (Fsp3) is 0.444. The summed E-state index contributed by atoms with van der Waals surface area (Å²) in [6.45, 7) is 5.24. The summed E-state index contributed by atoms with van der Waals surface area (Å²) in [7, 11) is 0. The summed E-state index contributed by atoms with van der Waals surface area (Å²) in [6.07, 6.45) is 2.82. The van der Waals surface area contributed by atoms with Gasteiger partial charge in [0.15, 0.2) is 5.82 Å². The van der Waals surface area contributed by atoms with Gasteiger partial charge >= 0.3 is 29.6 Å². The van der Waals surface area contributed by atoms with Crippen LogP contribution >= 0.6 is 0 Å². The van der Waals surface area contributed by atoms with Crippen molar-refractivity contribution in [2.24, 2.45) is 0 Å². The SMILES string of the molecule is CCN(CC)c1nccnc1C(=O)[O-].[Na+]. The van der Waals surface area contributed by atoms with Gasteiger partial charge in [-0.2, -0.15) is 0 Å². The van der Waals surface area contributed by atoms with E-state index in [0.29, 0.717) is 18.9 Å². The summed E-state index contributed by atoms with van der Waals surface area (Å²) in [4.78, 5) is 20.2. The van der Waals surface area contributed by atoms with Crippen molar-refractivity contribution in [3.63, 3.8) is 0 Å². The smallest absolute Gasteiger partial charge is 0.543 e. The minimum absolute atomic E-state index is 0. The van der Waals surface area contributed by atoms with Crippen molar-refractivity contribution < 1.29 is 39.5 Å². The number of carboxylic acids is 1. The molecule has 0 unspecified atom stereocenters. The summed E-state index contributed by atoms with van der Waals surface area (Å²) >= 11 is 0. The quantitative estimate of drug-likeness (QED) is 0.494. The van der Waals surface area contributed by atoms with E-state index in [1.807, 2.05) is 18.7 Å². The molecule has 0 saturated heterocycles. The van der Waals surface area contributed by atoms with E-state index in [9.17, 15) is 9.90 Å². The Kier molecular flexibility index (Phi) is 6.47. The number of carbonyl (C=O) groups excluding carboxylic acids is 1. The molecule has 0 N–H and O–H groups in total. The number of hydrogen-bond acceptors (Lipinski definition) is 5. The van der Waals surface area contributed by atoms with Gasteiger partial charge in [0.1, 0.15) is 5.69 Å². The second-order valence-electron chi connectivity index (χ2n) is 2.69. The molecule has 76 valence electrons. The normalized spacial score (nSPS) is 9.20. The summed E-state index contributed by atoms with van der Waals surface area (Å²) in [5, 5.41) is 10.7. The van der Waals surface area contributed by atoms with E-state index in [2.05, 4.69) is 9.97 Å². The first-order valence-electron chi connectivity index (χ1n) is 4.48. The van der Waals surface area contributed by atoms with E-state index in [0.717, 1.165) is 0 Å². The zero-order chi connectivity index (χ0) is 10.6. The van der Waals surface area contributed by atoms with E-state index in [1.54, 1.807) is 0 Å². The number of aromatic nitrogens is 2. The number of hydrogen-bond donors (Lipinski definition) is 0. The van der Waals surface area contributed by atoms with Crippen molar-refractivity contribution in [1.29, 1.82) is 0 Å². The standard InChI is InChI=1S/C9H13N3O2.Na/c1-3-12(4-2)8-7(9(13)14)10-5-6-11-8;/h5-6H,3-4H2,1-2H3,(H,13,14);/q;+1/p-1. The van der Waals surface area contributed by atoms with Crippen LogP contribution < -0.4 is 39.6 Å². The molecule has 0 atom stereocenters. The van der Waals surface area contributed by atoms with Crippen molar-refractivity contribution in [3.8, 4) is 0 Å². The van der Waals surface area contributed by atoms with E-state index < -0.39 is 5.97 Å². The summed E-state index contributed by atoms with van der Waals surface area (Å²) < 4.78 is 0. The first-order valence-corrected chi connectivity index (χ1v) is 4.48. The predicted molar refractivity (Wildman–Crippen MR) is 49.9 cm³/mol. The molecule has 0 aromatic carbocycles. The van der Waals surface area contributed by atoms with Crippen LogP contribution in [0.2, 0.25) is 0 Å². The van der Waals surface area contributed by atoms with E-state index in [-0.39, 0.29) is 35.3 Å². The molecule has 1 aromatic rings. The average molecular weight is 217 g/mol. The van der Waals surface area contributed by atoms with E-state index >= 15 is 0 Å². The van der Waals surface area contributed by atoms with E-state index in [1.165, 1.54) is 12.4 Å². The van der Waals surface area contributed by atoms with Crippen LogP contribution in [0, 0.1) is 0 Å². The number of aromatic carboxylic acids is 1. The minimum Gasteiger partial charge on any atom is -0.543 e. The Hall–Kier alpha value is -0.650. The van der Waals surface area contributed by atoms with Crippen LogP contribution in [-0.4, -0.2) is 29.0 Å². The maximum Gasteiger partial charge on any atom is 1.00 e. The molecule has 15 heavy (non-hydrogen) atoms. The maximum atomic E-state index is 10.7. The van der Waals surface area contributed by atoms with Crippen molar-refractivity contribution >= 4 is 11.8 Å². The molecule has 0 amide bonds. The zero-order valence-electron chi connectivity index (χ0n) is 9.23. The van der Waals surface area contributed by atoms with Gasteiger partial charge in [-0.1, -0.05) is 0 Å². The van der Waals surface area contributed by atoms with Gasteiger partial charge in [-0.25, -0.2) is 9.97 Å². The van der Waals surface area contributed by atoms with Gasteiger partial charge in [0, 0.05) is 25.5 Å². The number of anilines is 1. The third-order valence-corrected chi connectivity index (χ3v) is 1.94. The van der Waals surface area contributed by atoms with Gasteiger partial charge in [-0.3, -0.25) is 0 Å². The fourth-order valence-corrected chi connectivity index (χ4v) is 1.23.